The van der Waals surface area contributed by atoms with Crippen molar-refractivity contribution in [3.63, 3.8) is 0 Å². The predicted octanol–water partition coefficient (Wildman–Crippen LogP) is 3.97. The van der Waals surface area contributed by atoms with Crippen molar-refractivity contribution >= 4 is 29.1 Å². The number of likely N-dealkylation sites (N-methyl/N-ethyl adjacent to an activating group) is 1. The number of primary amides is 1. The first-order valence-corrected chi connectivity index (χ1v) is 16.2. The van der Waals surface area contributed by atoms with Crippen LogP contribution in [0.2, 0.25) is 0 Å². The van der Waals surface area contributed by atoms with Gasteiger partial charge in [-0.3, -0.25) is 14.4 Å². The Labute approximate surface area is 273 Å². The number of nitrogens with zero attached hydrogens (tertiary/aromatic N) is 6. The molecule has 3 amide bonds. The predicted molar refractivity (Wildman–Crippen MR) is 177 cm³/mol. The first-order chi connectivity index (χ1) is 22.8. The van der Waals surface area contributed by atoms with Gasteiger partial charge in [-0.05, 0) is 55.0 Å². The summed E-state index contributed by atoms with van der Waals surface area (Å²) in [5.74, 6) is 0.174. The maximum Gasteiger partial charge on any atom is 0.288 e. The number of likely N-dealkylation sites (tertiary alicyclic amines) is 1. The first-order valence-electron chi connectivity index (χ1n) is 16.2. The summed E-state index contributed by atoms with van der Waals surface area (Å²) in [6.45, 7) is 2.98. The van der Waals surface area contributed by atoms with Gasteiger partial charge in [0.25, 0.3) is 11.8 Å². The maximum atomic E-state index is 14.0. The van der Waals surface area contributed by atoms with Crippen molar-refractivity contribution in [3.05, 3.63) is 102 Å². The average Bonchev–Trinajstić information content (AvgIpc) is 3.46. The zero-order valence-electron chi connectivity index (χ0n) is 26.5. The molecule has 1 aromatic heterocycles. The minimum absolute atomic E-state index is 0.0205. The molecule has 0 radical (unpaired) electrons. The second kappa shape index (κ2) is 12.5. The number of aromatic nitrogens is 3. The van der Waals surface area contributed by atoms with E-state index in [-0.39, 0.29) is 29.7 Å². The molecule has 2 fully saturated rings. The summed E-state index contributed by atoms with van der Waals surface area (Å²) < 4.78 is 7.68. The van der Waals surface area contributed by atoms with Crippen LogP contribution >= 0.6 is 0 Å². The molecule has 0 bridgehead atoms. The van der Waals surface area contributed by atoms with E-state index in [1.165, 1.54) is 4.68 Å². The quantitative estimate of drug-likeness (QED) is 0.326. The summed E-state index contributed by atoms with van der Waals surface area (Å²) in [5.41, 5.74) is 8.96. The second-order valence-corrected chi connectivity index (χ2v) is 12.8. The van der Waals surface area contributed by atoms with E-state index in [9.17, 15) is 14.4 Å². The van der Waals surface area contributed by atoms with Gasteiger partial charge in [-0.1, -0.05) is 60.7 Å². The number of carbonyl (C=O) groups excluding carboxylic acids is 3. The molecule has 0 aliphatic carbocycles. The second-order valence-electron chi connectivity index (χ2n) is 12.8. The Morgan fingerprint density at radius 1 is 0.936 bits per heavy atom. The molecule has 0 unspecified atom stereocenters. The summed E-state index contributed by atoms with van der Waals surface area (Å²) in [4.78, 5) is 50.1. The number of piperidine rings is 2. The number of hydrogen-bond acceptors (Lipinski definition) is 7. The molecule has 11 nitrogen and oxygen atoms in total. The van der Waals surface area contributed by atoms with Crippen molar-refractivity contribution in [1.82, 2.24) is 19.7 Å². The molecular weight excluding hydrogens is 594 g/mol. The minimum atomic E-state index is -0.846. The molecule has 3 aromatic carbocycles. The van der Waals surface area contributed by atoms with Gasteiger partial charge in [0.15, 0.2) is 6.04 Å². The van der Waals surface area contributed by atoms with Gasteiger partial charge >= 0.3 is 0 Å². The first kappa shape index (κ1) is 30.5. The minimum Gasteiger partial charge on any atom is -0.489 e. The summed E-state index contributed by atoms with van der Waals surface area (Å²) in [7, 11) is 1.72. The van der Waals surface area contributed by atoms with Crippen LogP contribution in [0.3, 0.4) is 0 Å². The van der Waals surface area contributed by atoms with Crippen molar-refractivity contribution in [2.75, 3.05) is 43.1 Å². The molecule has 1 spiro atoms. The highest BCUT2D eigenvalue weighted by atomic mass is 16.5. The van der Waals surface area contributed by atoms with Crippen LogP contribution in [0.25, 0.3) is 0 Å². The highest BCUT2D eigenvalue weighted by Crippen LogP contribution is 2.43. The molecule has 2 N–H and O–H groups in total. The Morgan fingerprint density at radius 2 is 1.64 bits per heavy atom. The molecule has 7 rings (SSSR count). The van der Waals surface area contributed by atoms with E-state index in [1.807, 2.05) is 71.6 Å². The smallest absolute Gasteiger partial charge is 0.288 e. The van der Waals surface area contributed by atoms with Crippen molar-refractivity contribution in [3.8, 4) is 5.75 Å². The van der Waals surface area contributed by atoms with E-state index in [4.69, 9.17) is 10.5 Å². The number of benzene rings is 3. The Balaban J connectivity index is 1.07. The van der Waals surface area contributed by atoms with Crippen molar-refractivity contribution in [2.24, 2.45) is 11.1 Å². The average molecular weight is 634 g/mol. The number of carbonyl (C=O) groups is 3. The lowest BCUT2D eigenvalue weighted by atomic mass is 9.71. The third-order valence-corrected chi connectivity index (χ3v) is 9.86. The summed E-state index contributed by atoms with van der Waals surface area (Å²) in [6, 6.07) is 24.9. The third-order valence-electron chi connectivity index (χ3n) is 9.86. The van der Waals surface area contributed by atoms with E-state index < -0.39 is 11.9 Å². The van der Waals surface area contributed by atoms with Crippen LogP contribution in [0.4, 0.5) is 11.4 Å². The Bertz CT molecular complexity index is 1780. The molecule has 3 aliphatic rings. The fourth-order valence-corrected chi connectivity index (χ4v) is 7.22. The van der Waals surface area contributed by atoms with E-state index >= 15 is 0 Å². The number of nitrogens with two attached hydrogens (primary N) is 1. The zero-order valence-corrected chi connectivity index (χ0v) is 26.5. The largest absolute Gasteiger partial charge is 0.489 e. The van der Waals surface area contributed by atoms with Gasteiger partial charge in [0.1, 0.15) is 18.2 Å². The Kier molecular flexibility index (Phi) is 8.13. The standard InChI is InChI=1S/C36H39N7O4/c1-40-28-22-27(41-19-16-36(17-20-41)15-8-18-42(35(36)46)23-26-11-6-3-7-12-26)13-14-30(28)47-24-29(34(40)45)43-31(38-33(39-43)32(37)44)21-25-9-4-2-5-10-25/h2-7,9-14,22,29H,8,15-21,23-24H2,1H3,(H2,37,44)/t29-/m0/s1. The summed E-state index contributed by atoms with van der Waals surface area (Å²) in [6.07, 6.45) is 3.89. The lowest BCUT2D eigenvalue weighted by Crippen LogP contribution is -2.53. The number of hydrogen-bond donors (Lipinski definition) is 1. The van der Waals surface area contributed by atoms with Crippen LogP contribution in [0.5, 0.6) is 5.75 Å². The molecule has 4 aromatic rings. The van der Waals surface area contributed by atoms with Gasteiger partial charge < -0.3 is 25.2 Å². The van der Waals surface area contributed by atoms with E-state index in [0.717, 1.165) is 62.1 Å². The van der Waals surface area contributed by atoms with E-state index in [2.05, 4.69) is 27.1 Å². The van der Waals surface area contributed by atoms with Crippen molar-refractivity contribution in [1.29, 1.82) is 0 Å². The Morgan fingerprint density at radius 3 is 2.34 bits per heavy atom. The molecule has 11 heteroatoms. The van der Waals surface area contributed by atoms with Crippen LogP contribution in [0, 0.1) is 5.41 Å². The number of anilines is 2. The van der Waals surface area contributed by atoms with Crippen LogP contribution in [-0.4, -0.2) is 70.7 Å². The summed E-state index contributed by atoms with van der Waals surface area (Å²) >= 11 is 0. The molecule has 0 saturated carbocycles. The number of ether oxygens (including phenoxy) is 1. The van der Waals surface area contributed by atoms with Gasteiger partial charge in [0.05, 0.1) is 11.1 Å². The number of amides is 3. The zero-order chi connectivity index (χ0) is 32.5. The third kappa shape index (κ3) is 5.93. The highest BCUT2D eigenvalue weighted by molar-refractivity contribution is 5.98. The fourth-order valence-electron chi connectivity index (χ4n) is 7.22. The lowest BCUT2D eigenvalue weighted by Gasteiger charge is -2.47. The monoisotopic (exact) mass is 633 g/mol. The molecule has 4 heterocycles. The van der Waals surface area contributed by atoms with Gasteiger partial charge in [0.2, 0.25) is 11.7 Å². The van der Waals surface area contributed by atoms with Crippen LogP contribution in [-0.2, 0) is 22.6 Å². The van der Waals surface area contributed by atoms with Crippen LogP contribution in [0.15, 0.2) is 78.9 Å². The van der Waals surface area contributed by atoms with E-state index in [1.54, 1.807) is 11.9 Å². The number of rotatable bonds is 7. The molecule has 47 heavy (non-hydrogen) atoms. The molecule has 3 aliphatic heterocycles. The van der Waals surface area contributed by atoms with Gasteiger partial charge in [0, 0.05) is 45.3 Å². The Hall–Kier alpha value is -5.19. The molecule has 1 atom stereocenters. The molecular formula is C36H39N7O4. The topological polar surface area (TPSA) is 127 Å². The molecule has 2 saturated heterocycles. The van der Waals surface area contributed by atoms with Crippen molar-refractivity contribution in [2.45, 2.75) is 44.7 Å². The van der Waals surface area contributed by atoms with Crippen LogP contribution in [0.1, 0.15) is 59.3 Å². The highest BCUT2D eigenvalue weighted by Gasteiger charge is 2.46. The number of fused-ring (bicyclic) bond motifs is 1. The molecule has 242 valence electrons. The fraction of sp³-hybridized carbons (Fsp3) is 0.361. The van der Waals surface area contributed by atoms with Crippen LogP contribution < -0.4 is 20.3 Å². The van der Waals surface area contributed by atoms with Gasteiger partial charge in [-0.25, -0.2) is 9.67 Å². The maximum absolute atomic E-state index is 14.0. The normalized spacial score (nSPS) is 19.3. The summed E-state index contributed by atoms with van der Waals surface area (Å²) in [5, 5.41) is 4.35. The lowest BCUT2D eigenvalue weighted by molar-refractivity contribution is -0.148. The van der Waals surface area contributed by atoms with E-state index in [0.29, 0.717) is 30.2 Å². The van der Waals surface area contributed by atoms with Crippen molar-refractivity contribution < 1.29 is 19.1 Å². The van der Waals surface area contributed by atoms with Gasteiger partial charge in [-0.15, -0.1) is 5.10 Å². The SMILES string of the molecule is CN1C(=O)[C@@H](n2nc(C(N)=O)nc2Cc2ccccc2)COc2ccc(N3CCC4(CCCN(Cc5ccccc5)C4=O)CC3)cc21. The van der Waals surface area contributed by atoms with Gasteiger partial charge in [-0.2, -0.15) is 0 Å².